The number of hydrogen-bond donors (Lipinski definition) is 1. The van der Waals surface area contributed by atoms with Crippen LogP contribution in [0.3, 0.4) is 0 Å². The van der Waals surface area contributed by atoms with Gasteiger partial charge in [0, 0.05) is 18.2 Å². The summed E-state index contributed by atoms with van der Waals surface area (Å²) in [5.74, 6) is 2.04. The highest BCUT2D eigenvalue weighted by atomic mass is 16.5. The van der Waals surface area contributed by atoms with E-state index in [0.29, 0.717) is 12.1 Å². The van der Waals surface area contributed by atoms with Crippen molar-refractivity contribution in [3.8, 4) is 5.75 Å². The molecule has 2 fully saturated rings. The second kappa shape index (κ2) is 8.73. The third-order valence-corrected chi connectivity index (χ3v) is 5.62. The molecule has 2 heteroatoms. The zero-order chi connectivity index (χ0) is 15.9. The van der Waals surface area contributed by atoms with E-state index in [0.717, 1.165) is 18.2 Å². The van der Waals surface area contributed by atoms with Gasteiger partial charge in [0.05, 0.1) is 6.10 Å². The van der Waals surface area contributed by atoms with Crippen LogP contribution in [0, 0.1) is 5.92 Å². The molecule has 0 spiro atoms. The Labute approximate surface area is 142 Å². The van der Waals surface area contributed by atoms with Gasteiger partial charge in [0.2, 0.25) is 0 Å². The molecular formula is C21H33NO. The van der Waals surface area contributed by atoms with Crippen LogP contribution in [0.2, 0.25) is 0 Å². The highest BCUT2D eigenvalue weighted by Gasteiger charge is 2.19. The lowest BCUT2D eigenvalue weighted by atomic mass is 9.85. The molecule has 128 valence electrons. The van der Waals surface area contributed by atoms with E-state index in [2.05, 4.69) is 36.5 Å². The topological polar surface area (TPSA) is 21.3 Å². The van der Waals surface area contributed by atoms with E-state index in [-0.39, 0.29) is 0 Å². The molecule has 0 aromatic heterocycles. The van der Waals surface area contributed by atoms with Gasteiger partial charge in [0.1, 0.15) is 5.75 Å². The molecule has 0 heterocycles. The SMILES string of the molecule is C[C@@H](CC1CCCCC1)NCc1ccccc1OC1CCCC1. The van der Waals surface area contributed by atoms with Crippen molar-refractivity contribution in [2.24, 2.45) is 5.92 Å². The molecule has 0 aliphatic heterocycles. The number of hydrogen-bond acceptors (Lipinski definition) is 2. The van der Waals surface area contributed by atoms with Gasteiger partial charge in [-0.15, -0.1) is 0 Å². The highest BCUT2D eigenvalue weighted by molar-refractivity contribution is 5.33. The predicted molar refractivity (Wildman–Crippen MR) is 96.8 cm³/mol. The smallest absolute Gasteiger partial charge is 0.124 e. The Morgan fingerprint density at radius 3 is 2.48 bits per heavy atom. The van der Waals surface area contributed by atoms with Crippen LogP contribution in [0.5, 0.6) is 5.75 Å². The quantitative estimate of drug-likeness (QED) is 0.721. The minimum absolute atomic E-state index is 0.441. The molecule has 2 saturated carbocycles. The Balaban J connectivity index is 1.48. The summed E-state index contributed by atoms with van der Waals surface area (Å²) < 4.78 is 6.25. The van der Waals surface area contributed by atoms with Crippen molar-refractivity contribution in [2.75, 3.05) is 0 Å². The van der Waals surface area contributed by atoms with Crippen molar-refractivity contribution in [1.82, 2.24) is 5.32 Å². The Morgan fingerprint density at radius 1 is 1.00 bits per heavy atom. The number of para-hydroxylation sites is 1. The summed E-state index contributed by atoms with van der Waals surface area (Å²) in [5.41, 5.74) is 1.31. The Morgan fingerprint density at radius 2 is 1.70 bits per heavy atom. The summed E-state index contributed by atoms with van der Waals surface area (Å²) in [6.07, 6.45) is 14.1. The fraction of sp³-hybridized carbons (Fsp3) is 0.714. The minimum Gasteiger partial charge on any atom is -0.490 e. The van der Waals surface area contributed by atoms with Crippen LogP contribution in [0.4, 0.5) is 0 Å². The molecule has 2 nitrogen and oxygen atoms in total. The maximum Gasteiger partial charge on any atom is 0.124 e. The lowest BCUT2D eigenvalue weighted by Crippen LogP contribution is -2.29. The lowest BCUT2D eigenvalue weighted by Gasteiger charge is -2.25. The van der Waals surface area contributed by atoms with Gasteiger partial charge in [-0.25, -0.2) is 0 Å². The van der Waals surface area contributed by atoms with Crippen molar-refractivity contribution in [2.45, 2.75) is 89.8 Å². The molecule has 0 unspecified atom stereocenters. The first kappa shape index (κ1) is 16.8. The van der Waals surface area contributed by atoms with Crippen molar-refractivity contribution in [1.29, 1.82) is 0 Å². The monoisotopic (exact) mass is 315 g/mol. The normalized spacial score (nSPS) is 21.4. The van der Waals surface area contributed by atoms with E-state index in [1.54, 1.807) is 0 Å². The van der Waals surface area contributed by atoms with Crippen LogP contribution in [-0.2, 0) is 6.54 Å². The van der Waals surface area contributed by atoms with E-state index in [9.17, 15) is 0 Å². The molecule has 1 aromatic carbocycles. The first-order valence-corrected chi connectivity index (χ1v) is 9.79. The molecule has 23 heavy (non-hydrogen) atoms. The lowest BCUT2D eigenvalue weighted by molar-refractivity contribution is 0.207. The van der Waals surface area contributed by atoms with Crippen molar-refractivity contribution >= 4 is 0 Å². The molecule has 2 aliphatic carbocycles. The maximum atomic E-state index is 6.25. The van der Waals surface area contributed by atoms with Gasteiger partial charge in [0.15, 0.2) is 0 Å². The van der Waals surface area contributed by atoms with Gasteiger partial charge in [-0.05, 0) is 51.0 Å². The Kier molecular flexibility index (Phi) is 6.38. The molecule has 2 aliphatic rings. The number of ether oxygens (including phenoxy) is 1. The molecule has 1 N–H and O–H groups in total. The summed E-state index contributed by atoms with van der Waals surface area (Å²) in [6.45, 7) is 3.27. The van der Waals surface area contributed by atoms with Crippen LogP contribution in [0.1, 0.15) is 76.7 Å². The number of rotatable bonds is 7. The number of nitrogens with one attached hydrogen (secondary N) is 1. The second-order valence-corrected chi connectivity index (χ2v) is 7.65. The van der Waals surface area contributed by atoms with E-state index >= 15 is 0 Å². The van der Waals surface area contributed by atoms with E-state index in [4.69, 9.17) is 4.74 Å². The molecular weight excluding hydrogens is 282 g/mol. The van der Waals surface area contributed by atoms with Crippen LogP contribution in [0.25, 0.3) is 0 Å². The van der Waals surface area contributed by atoms with E-state index in [1.165, 1.54) is 69.8 Å². The maximum absolute atomic E-state index is 6.25. The van der Waals surface area contributed by atoms with Gasteiger partial charge in [-0.2, -0.15) is 0 Å². The van der Waals surface area contributed by atoms with Crippen LogP contribution < -0.4 is 10.1 Å². The molecule has 0 bridgehead atoms. The summed E-state index contributed by atoms with van der Waals surface area (Å²) in [6, 6.07) is 9.17. The summed E-state index contributed by atoms with van der Waals surface area (Å²) in [4.78, 5) is 0. The number of benzene rings is 1. The van der Waals surface area contributed by atoms with Gasteiger partial charge < -0.3 is 10.1 Å². The fourth-order valence-electron chi connectivity index (χ4n) is 4.24. The summed E-state index contributed by atoms with van der Waals surface area (Å²) in [7, 11) is 0. The average Bonchev–Trinajstić information content (AvgIpc) is 3.08. The molecule has 1 aromatic rings. The van der Waals surface area contributed by atoms with Gasteiger partial charge in [-0.3, -0.25) is 0 Å². The van der Waals surface area contributed by atoms with Crippen LogP contribution in [-0.4, -0.2) is 12.1 Å². The van der Waals surface area contributed by atoms with Crippen molar-refractivity contribution in [3.63, 3.8) is 0 Å². The molecule has 3 rings (SSSR count). The zero-order valence-electron chi connectivity index (χ0n) is 14.7. The molecule has 0 radical (unpaired) electrons. The van der Waals surface area contributed by atoms with Gasteiger partial charge in [0.25, 0.3) is 0 Å². The first-order chi connectivity index (χ1) is 11.3. The molecule has 0 saturated heterocycles. The third kappa shape index (κ3) is 5.24. The fourth-order valence-corrected chi connectivity index (χ4v) is 4.24. The summed E-state index contributed by atoms with van der Waals surface area (Å²) >= 11 is 0. The highest BCUT2D eigenvalue weighted by Crippen LogP contribution is 2.28. The Bertz CT molecular complexity index is 461. The standard InChI is InChI=1S/C21H33NO/c1-17(15-18-9-3-2-4-10-18)22-16-19-11-5-8-14-21(19)23-20-12-6-7-13-20/h5,8,11,14,17-18,20,22H,2-4,6-7,9-10,12-13,15-16H2,1H3/t17-/m0/s1. The molecule has 1 atom stereocenters. The van der Waals surface area contributed by atoms with Crippen LogP contribution in [0.15, 0.2) is 24.3 Å². The largest absolute Gasteiger partial charge is 0.490 e. The predicted octanol–water partition coefficient (Wildman–Crippen LogP) is 5.46. The summed E-state index contributed by atoms with van der Waals surface area (Å²) in [5, 5.41) is 3.73. The van der Waals surface area contributed by atoms with Crippen molar-refractivity contribution in [3.05, 3.63) is 29.8 Å². The van der Waals surface area contributed by atoms with Gasteiger partial charge in [-0.1, -0.05) is 50.3 Å². The second-order valence-electron chi connectivity index (χ2n) is 7.65. The minimum atomic E-state index is 0.441. The van der Waals surface area contributed by atoms with E-state index < -0.39 is 0 Å². The first-order valence-electron chi connectivity index (χ1n) is 9.79. The van der Waals surface area contributed by atoms with Gasteiger partial charge >= 0.3 is 0 Å². The molecule has 0 amide bonds. The average molecular weight is 316 g/mol. The Hall–Kier alpha value is -1.02. The third-order valence-electron chi connectivity index (χ3n) is 5.62. The van der Waals surface area contributed by atoms with Crippen molar-refractivity contribution < 1.29 is 4.74 Å². The zero-order valence-corrected chi connectivity index (χ0v) is 14.7. The van der Waals surface area contributed by atoms with E-state index in [1.807, 2.05) is 0 Å². The van der Waals surface area contributed by atoms with Crippen LogP contribution >= 0.6 is 0 Å².